The Labute approximate surface area is 183 Å². The van der Waals surface area contributed by atoms with Crippen molar-refractivity contribution in [1.29, 1.82) is 0 Å². The molecule has 0 atom stereocenters. The Kier molecular flexibility index (Phi) is 8.16. The summed E-state index contributed by atoms with van der Waals surface area (Å²) in [6, 6.07) is 13.4. The van der Waals surface area contributed by atoms with E-state index in [1.807, 2.05) is 29.6 Å². The van der Waals surface area contributed by atoms with Crippen molar-refractivity contribution < 1.29 is 14.0 Å². The predicted octanol–water partition coefficient (Wildman–Crippen LogP) is 5.78. The molecule has 1 N–H and O–H groups in total. The molecule has 0 bridgehead atoms. The van der Waals surface area contributed by atoms with Crippen LogP contribution in [0.1, 0.15) is 41.4 Å². The maximum absolute atomic E-state index is 13.0. The number of aryl methyl sites for hydroxylation is 1. The van der Waals surface area contributed by atoms with Crippen molar-refractivity contribution in [3.8, 4) is 0 Å². The number of Topliss-reactive ketones (excluding diaryl/α,β-unsaturated/α-hetero) is 1. The first-order chi connectivity index (χ1) is 14.5. The molecule has 1 amide bonds. The number of ketones is 1. The molecule has 30 heavy (non-hydrogen) atoms. The lowest BCUT2D eigenvalue weighted by atomic mass is 10.1. The van der Waals surface area contributed by atoms with Crippen molar-refractivity contribution in [3.05, 3.63) is 76.5 Å². The van der Waals surface area contributed by atoms with Gasteiger partial charge in [-0.25, -0.2) is 9.37 Å². The van der Waals surface area contributed by atoms with E-state index < -0.39 is 0 Å². The number of thioether (sulfide) groups is 1. The van der Waals surface area contributed by atoms with Crippen molar-refractivity contribution >= 4 is 40.5 Å². The normalized spacial score (nSPS) is 10.7. The Morgan fingerprint density at radius 1 is 1.10 bits per heavy atom. The summed E-state index contributed by atoms with van der Waals surface area (Å²) in [6.45, 7) is 2.17. The highest BCUT2D eigenvalue weighted by atomic mass is 32.2. The molecular weight excluding hydrogens is 419 g/mol. The summed E-state index contributed by atoms with van der Waals surface area (Å²) in [6.07, 6.45) is 3.55. The standard InChI is InChI=1S/C23H23FN2O2S2/c1-2-3-4-16-5-11-19(12-6-16)25-22(28)13-20-14-29-23(26-20)30-15-21(27)17-7-9-18(24)10-8-17/h5-12,14H,2-4,13,15H2,1H3,(H,25,28). The summed E-state index contributed by atoms with van der Waals surface area (Å²) in [7, 11) is 0. The van der Waals surface area contributed by atoms with E-state index in [2.05, 4.69) is 17.2 Å². The van der Waals surface area contributed by atoms with Gasteiger partial charge in [0.2, 0.25) is 5.91 Å². The molecule has 0 saturated carbocycles. The van der Waals surface area contributed by atoms with E-state index in [0.29, 0.717) is 11.3 Å². The smallest absolute Gasteiger partial charge is 0.230 e. The fourth-order valence-electron chi connectivity index (χ4n) is 2.79. The molecule has 7 heteroatoms. The van der Waals surface area contributed by atoms with Gasteiger partial charge < -0.3 is 5.32 Å². The van der Waals surface area contributed by atoms with Crippen LogP contribution in [0, 0.1) is 5.82 Å². The molecule has 3 aromatic rings. The minimum absolute atomic E-state index is 0.0862. The molecule has 0 aliphatic carbocycles. The van der Waals surface area contributed by atoms with E-state index in [1.54, 1.807) is 0 Å². The van der Waals surface area contributed by atoms with Crippen LogP contribution < -0.4 is 5.32 Å². The van der Waals surface area contributed by atoms with Crippen LogP contribution in [-0.2, 0) is 17.6 Å². The van der Waals surface area contributed by atoms with Crippen molar-refractivity contribution in [2.75, 3.05) is 11.1 Å². The Morgan fingerprint density at radius 3 is 2.53 bits per heavy atom. The number of amides is 1. The molecule has 156 valence electrons. The lowest BCUT2D eigenvalue weighted by molar-refractivity contribution is -0.115. The maximum Gasteiger partial charge on any atom is 0.230 e. The zero-order valence-electron chi connectivity index (χ0n) is 16.7. The van der Waals surface area contributed by atoms with Crippen LogP contribution in [0.25, 0.3) is 0 Å². The average molecular weight is 443 g/mol. The second kappa shape index (κ2) is 11.0. The van der Waals surface area contributed by atoms with Crippen molar-refractivity contribution in [1.82, 2.24) is 4.98 Å². The Hall–Kier alpha value is -2.51. The highest BCUT2D eigenvalue weighted by Gasteiger charge is 2.11. The minimum atomic E-state index is -0.366. The van der Waals surface area contributed by atoms with Crippen LogP contribution in [0.3, 0.4) is 0 Å². The van der Waals surface area contributed by atoms with Crippen LogP contribution in [0.4, 0.5) is 10.1 Å². The van der Waals surface area contributed by atoms with E-state index in [9.17, 15) is 14.0 Å². The third kappa shape index (κ3) is 6.78. The quantitative estimate of drug-likeness (QED) is 0.319. The summed E-state index contributed by atoms with van der Waals surface area (Å²) in [5, 5.41) is 4.72. The fraction of sp³-hybridized carbons (Fsp3) is 0.261. The molecule has 3 rings (SSSR count). The number of unbranched alkanes of at least 4 members (excludes halogenated alkanes) is 1. The predicted molar refractivity (Wildman–Crippen MR) is 121 cm³/mol. The average Bonchev–Trinajstić information content (AvgIpc) is 3.19. The topological polar surface area (TPSA) is 59.1 Å². The number of carbonyl (C=O) groups excluding carboxylic acids is 2. The van der Waals surface area contributed by atoms with Gasteiger partial charge in [-0.1, -0.05) is 37.2 Å². The molecule has 1 heterocycles. The third-order valence-electron chi connectivity index (χ3n) is 4.42. The number of anilines is 1. The zero-order chi connectivity index (χ0) is 21.3. The summed E-state index contributed by atoms with van der Waals surface area (Å²) in [5.41, 5.74) is 3.19. The van der Waals surface area contributed by atoms with Crippen LogP contribution >= 0.6 is 23.1 Å². The minimum Gasteiger partial charge on any atom is -0.326 e. The fourth-order valence-corrected chi connectivity index (χ4v) is 4.53. The van der Waals surface area contributed by atoms with Gasteiger partial charge in [0, 0.05) is 16.6 Å². The number of rotatable bonds is 10. The number of aromatic nitrogens is 1. The molecule has 0 aliphatic heterocycles. The molecule has 4 nitrogen and oxygen atoms in total. The van der Waals surface area contributed by atoms with Gasteiger partial charge in [-0.3, -0.25) is 9.59 Å². The summed E-state index contributed by atoms with van der Waals surface area (Å²) in [5.74, 6) is -0.360. The second-order valence-corrected chi connectivity index (χ2v) is 8.93. The maximum atomic E-state index is 13.0. The second-order valence-electron chi connectivity index (χ2n) is 6.85. The first kappa shape index (κ1) is 22.2. The molecule has 2 aromatic carbocycles. The van der Waals surface area contributed by atoms with Crippen LogP contribution in [0.5, 0.6) is 0 Å². The first-order valence-electron chi connectivity index (χ1n) is 9.78. The number of carbonyl (C=O) groups is 2. The van der Waals surface area contributed by atoms with E-state index in [-0.39, 0.29) is 29.7 Å². The molecule has 0 unspecified atom stereocenters. The number of nitrogens with one attached hydrogen (secondary N) is 1. The monoisotopic (exact) mass is 442 g/mol. The van der Waals surface area contributed by atoms with Crippen molar-refractivity contribution in [2.45, 2.75) is 36.9 Å². The van der Waals surface area contributed by atoms with E-state index in [0.717, 1.165) is 29.3 Å². The Balaban J connectivity index is 1.46. The Morgan fingerprint density at radius 2 is 1.83 bits per heavy atom. The van der Waals surface area contributed by atoms with Gasteiger partial charge in [-0.2, -0.15) is 0 Å². The van der Waals surface area contributed by atoms with Crippen LogP contribution in [0.2, 0.25) is 0 Å². The molecule has 1 aromatic heterocycles. The zero-order valence-corrected chi connectivity index (χ0v) is 18.3. The number of hydrogen-bond acceptors (Lipinski definition) is 5. The summed E-state index contributed by atoms with van der Waals surface area (Å²) < 4.78 is 13.7. The van der Waals surface area contributed by atoms with Gasteiger partial charge in [0.05, 0.1) is 17.9 Å². The number of nitrogens with zero attached hydrogens (tertiary/aromatic N) is 1. The lowest BCUT2D eigenvalue weighted by Crippen LogP contribution is -2.14. The molecule has 0 fully saturated rings. The van der Waals surface area contributed by atoms with Crippen molar-refractivity contribution in [2.24, 2.45) is 0 Å². The molecular formula is C23H23FN2O2S2. The third-order valence-corrected chi connectivity index (χ3v) is 6.49. The van der Waals surface area contributed by atoms with Gasteiger partial charge in [-0.05, 0) is 54.8 Å². The van der Waals surface area contributed by atoms with Crippen LogP contribution in [-0.4, -0.2) is 22.4 Å². The summed E-state index contributed by atoms with van der Waals surface area (Å²) in [4.78, 5) is 28.9. The van der Waals surface area contributed by atoms with E-state index in [1.165, 1.54) is 52.9 Å². The van der Waals surface area contributed by atoms with Gasteiger partial charge in [-0.15, -0.1) is 11.3 Å². The number of halogens is 1. The highest BCUT2D eigenvalue weighted by molar-refractivity contribution is 8.01. The van der Waals surface area contributed by atoms with Gasteiger partial charge >= 0.3 is 0 Å². The summed E-state index contributed by atoms with van der Waals surface area (Å²) >= 11 is 2.73. The number of hydrogen-bond donors (Lipinski definition) is 1. The van der Waals surface area contributed by atoms with E-state index in [4.69, 9.17) is 0 Å². The van der Waals surface area contributed by atoms with Gasteiger partial charge in [0.25, 0.3) is 0 Å². The molecule has 0 aliphatic rings. The molecule has 0 saturated heterocycles. The molecule has 0 radical (unpaired) electrons. The molecule has 0 spiro atoms. The lowest BCUT2D eigenvalue weighted by Gasteiger charge is -2.06. The largest absolute Gasteiger partial charge is 0.326 e. The Bertz CT molecular complexity index is 985. The van der Waals surface area contributed by atoms with E-state index >= 15 is 0 Å². The van der Waals surface area contributed by atoms with Gasteiger partial charge in [0.1, 0.15) is 5.82 Å². The SMILES string of the molecule is CCCCc1ccc(NC(=O)Cc2csc(SCC(=O)c3ccc(F)cc3)n2)cc1. The van der Waals surface area contributed by atoms with Gasteiger partial charge in [0.15, 0.2) is 10.1 Å². The van der Waals surface area contributed by atoms with Crippen molar-refractivity contribution in [3.63, 3.8) is 0 Å². The number of thiazole rings is 1. The number of benzene rings is 2. The highest BCUT2D eigenvalue weighted by Crippen LogP contribution is 2.24. The first-order valence-corrected chi connectivity index (χ1v) is 11.6. The van der Waals surface area contributed by atoms with Crippen LogP contribution in [0.15, 0.2) is 58.3 Å².